The summed E-state index contributed by atoms with van der Waals surface area (Å²) in [6.45, 7) is 3.83. The lowest BCUT2D eigenvalue weighted by Gasteiger charge is -2.30. The van der Waals surface area contributed by atoms with Gasteiger partial charge >= 0.3 is 6.03 Å². The smallest absolute Gasteiger partial charge is 0.321 e. The van der Waals surface area contributed by atoms with Crippen molar-refractivity contribution in [3.63, 3.8) is 0 Å². The van der Waals surface area contributed by atoms with Gasteiger partial charge in [-0.1, -0.05) is 12.8 Å². The maximum atomic E-state index is 12.2. The number of carbonyl (C=O) groups excluding carboxylic acids is 1. The quantitative estimate of drug-likeness (QED) is 0.841. The molecule has 4 heteroatoms. The van der Waals surface area contributed by atoms with E-state index in [1.54, 1.807) is 25.3 Å². The lowest BCUT2D eigenvalue weighted by molar-refractivity contribution is 0.186. The molecule has 1 heterocycles. The molecule has 0 saturated carbocycles. The number of rotatable bonds is 2. The monoisotopic (exact) mass is 272 g/mol. The molecule has 1 N–H and O–H groups in total. The lowest BCUT2D eigenvalue weighted by atomic mass is 10.00. The van der Waals surface area contributed by atoms with Crippen LogP contribution in [0.1, 0.15) is 25.3 Å². The van der Waals surface area contributed by atoms with Crippen LogP contribution in [-0.2, 0) is 0 Å². The van der Waals surface area contributed by atoms with E-state index in [1.807, 2.05) is 4.90 Å². The van der Waals surface area contributed by atoms with E-state index in [9.17, 15) is 4.79 Å². The van der Waals surface area contributed by atoms with Gasteiger partial charge in [0.15, 0.2) is 0 Å². The Morgan fingerprint density at radius 2 is 2.10 bits per heavy atom. The second kappa shape index (κ2) is 6.33. The molecule has 2 rings (SSSR count). The maximum absolute atomic E-state index is 12.2. The molecular formula is C16H20N2O2. The van der Waals surface area contributed by atoms with Gasteiger partial charge in [0.05, 0.1) is 7.11 Å². The van der Waals surface area contributed by atoms with Gasteiger partial charge in [0.2, 0.25) is 0 Å². The van der Waals surface area contributed by atoms with Gasteiger partial charge in [-0.2, -0.15) is 0 Å². The van der Waals surface area contributed by atoms with Crippen LogP contribution in [0.2, 0.25) is 0 Å². The topological polar surface area (TPSA) is 41.6 Å². The second-order valence-corrected chi connectivity index (χ2v) is 5.19. The van der Waals surface area contributed by atoms with E-state index < -0.39 is 0 Å². The van der Waals surface area contributed by atoms with Crippen LogP contribution in [0, 0.1) is 18.3 Å². The van der Waals surface area contributed by atoms with Crippen molar-refractivity contribution in [2.24, 2.45) is 5.92 Å². The summed E-state index contributed by atoms with van der Waals surface area (Å²) in [6.07, 6.45) is 7.52. The Kier molecular flexibility index (Phi) is 4.52. The molecule has 0 aliphatic carbocycles. The first-order chi connectivity index (χ1) is 9.62. The van der Waals surface area contributed by atoms with Gasteiger partial charge in [0, 0.05) is 30.4 Å². The third-order valence-electron chi connectivity index (χ3n) is 3.63. The maximum Gasteiger partial charge on any atom is 0.321 e. The number of urea groups is 1. The number of anilines is 1. The highest BCUT2D eigenvalue weighted by Crippen LogP contribution is 2.22. The first-order valence-corrected chi connectivity index (χ1v) is 6.84. The van der Waals surface area contributed by atoms with Crippen LogP contribution in [0.5, 0.6) is 5.75 Å². The van der Waals surface area contributed by atoms with Gasteiger partial charge in [0.25, 0.3) is 0 Å². The van der Waals surface area contributed by atoms with Crippen LogP contribution >= 0.6 is 0 Å². The van der Waals surface area contributed by atoms with E-state index in [0.29, 0.717) is 22.9 Å². The molecule has 1 fully saturated rings. The summed E-state index contributed by atoms with van der Waals surface area (Å²) < 4.78 is 5.18. The zero-order valence-corrected chi connectivity index (χ0v) is 12.0. The van der Waals surface area contributed by atoms with E-state index in [-0.39, 0.29) is 6.03 Å². The summed E-state index contributed by atoms with van der Waals surface area (Å²) in [5, 5.41) is 2.89. The Balaban J connectivity index is 2.06. The Labute approximate surface area is 120 Å². The second-order valence-electron chi connectivity index (χ2n) is 5.19. The van der Waals surface area contributed by atoms with Crippen LogP contribution in [0.3, 0.4) is 0 Å². The number of carbonyl (C=O) groups is 1. The largest absolute Gasteiger partial charge is 0.497 e. The Bertz CT molecular complexity index is 526. The number of methoxy groups -OCH3 is 1. The van der Waals surface area contributed by atoms with Crippen LogP contribution in [0.4, 0.5) is 10.5 Å². The molecule has 0 atom stereocenters. The molecule has 1 saturated heterocycles. The van der Waals surface area contributed by atoms with Crippen molar-refractivity contribution in [1.82, 2.24) is 4.90 Å². The summed E-state index contributed by atoms with van der Waals surface area (Å²) in [4.78, 5) is 14.0. The molecule has 1 aliphatic rings. The molecular weight excluding hydrogens is 252 g/mol. The number of benzene rings is 1. The summed E-state index contributed by atoms with van der Waals surface area (Å²) in [5.41, 5.74) is 1.35. The van der Waals surface area contributed by atoms with Crippen LogP contribution < -0.4 is 10.1 Å². The predicted octanol–water partition coefficient (Wildman–Crippen LogP) is 2.94. The number of ether oxygens (including phenoxy) is 1. The predicted molar refractivity (Wildman–Crippen MR) is 79.9 cm³/mol. The summed E-state index contributed by atoms with van der Waals surface area (Å²) in [6, 6.07) is 5.23. The molecule has 0 bridgehead atoms. The van der Waals surface area contributed by atoms with Gasteiger partial charge in [-0.15, -0.1) is 6.42 Å². The molecule has 0 aromatic heterocycles. The third kappa shape index (κ3) is 3.45. The molecule has 4 nitrogen and oxygen atoms in total. The van der Waals surface area contributed by atoms with E-state index in [0.717, 1.165) is 25.9 Å². The van der Waals surface area contributed by atoms with E-state index in [4.69, 9.17) is 11.2 Å². The molecule has 2 amide bonds. The van der Waals surface area contributed by atoms with E-state index >= 15 is 0 Å². The van der Waals surface area contributed by atoms with Crippen LogP contribution in [0.15, 0.2) is 18.2 Å². The number of hydrogen-bond donors (Lipinski definition) is 1. The zero-order chi connectivity index (χ0) is 14.5. The van der Waals surface area contributed by atoms with Gasteiger partial charge in [-0.05, 0) is 30.9 Å². The SMILES string of the molecule is C#Cc1cc(NC(=O)N2CCC(C)CC2)cc(OC)c1. The van der Waals surface area contributed by atoms with E-state index in [2.05, 4.69) is 18.2 Å². The number of terminal acetylenes is 1. The van der Waals surface area contributed by atoms with Crippen molar-refractivity contribution in [1.29, 1.82) is 0 Å². The summed E-state index contributed by atoms with van der Waals surface area (Å²) in [5.74, 6) is 3.90. The molecule has 0 spiro atoms. The average Bonchev–Trinajstić information content (AvgIpc) is 2.47. The molecule has 106 valence electrons. The fourth-order valence-corrected chi connectivity index (χ4v) is 2.29. The van der Waals surface area contributed by atoms with E-state index in [1.165, 1.54) is 0 Å². The summed E-state index contributed by atoms with van der Waals surface area (Å²) in [7, 11) is 1.58. The molecule has 1 aromatic rings. The number of nitrogens with one attached hydrogen (secondary N) is 1. The molecule has 20 heavy (non-hydrogen) atoms. The standard InChI is InChI=1S/C16H20N2O2/c1-4-13-9-14(11-15(10-13)20-3)17-16(19)18-7-5-12(2)6-8-18/h1,9-12H,5-8H2,2-3H3,(H,17,19). The minimum Gasteiger partial charge on any atom is -0.497 e. The Hall–Kier alpha value is -2.15. The minimum atomic E-state index is -0.0758. The van der Waals surface area contributed by atoms with Crippen LogP contribution in [0.25, 0.3) is 0 Å². The number of amides is 2. The van der Waals surface area contributed by atoms with Crippen molar-refractivity contribution in [2.75, 3.05) is 25.5 Å². The number of piperidine rings is 1. The summed E-state index contributed by atoms with van der Waals surface area (Å²) >= 11 is 0. The first kappa shape index (κ1) is 14.3. The molecule has 1 aliphatic heterocycles. The third-order valence-corrected chi connectivity index (χ3v) is 3.63. The average molecular weight is 272 g/mol. The number of hydrogen-bond acceptors (Lipinski definition) is 2. The highest BCUT2D eigenvalue weighted by atomic mass is 16.5. The fraction of sp³-hybridized carbons (Fsp3) is 0.438. The van der Waals surface area contributed by atoms with Crippen molar-refractivity contribution >= 4 is 11.7 Å². The molecule has 0 radical (unpaired) electrons. The first-order valence-electron chi connectivity index (χ1n) is 6.84. The lowest BCUT2D eigenvalue weighted by Crippen LogP contribution is -2.40. The normalized spacial score (nSPS) is 15.6. The van der Waals surface area contributed by atoms with Crippen molar-refractivity contribution < 1.29 is 9.53 Å². The van der Waals surface area contributed by atoms with Gasteiger partial charge in [-0.25, -0.2) is 4.79 Å². The van der Waals surface area contributed by atoms with Crippen molar-refractivity contribution in [3.8, 4) is 18.1 Å². The highest BCUT2D eigenvalue weighted by Gasteiger charge is 2.20. The molecule has 1 aromatic carbocycles. The zero-order valence-electron chi connectivity index (χ0n) is 12.0. The molecule has 0 unspecified atom stereocenters. The van der Waals surface area contributed by atoms with Gasteiger partial charge < -0.3 is 15.0 Å². The Morgan fingerprint density at radius 1 is 1.40 bits per heavy atom. The Morgan fingerprint density at radius 3 is 2.70 bits per heavy atom. The fourth-order valence-electron chi connectivity index (χ4n) is 2.29. The van der Waals surface area contributed by atoms with Gasteiger partial charge in [-0.3, -0.25) is 0 Å². The number of likely N-dealkylation sites (tertiary alicyclic amines) is 1. The number of nitrogens with zero attached hydrogens (tertiary/aromatic N) is 1. The van der Waals surface area contributed by atoms with Crippen LogP contribution in [-0.4, -0.2) is 31.1 Å². The minimum absolute atomic E-state index is 0.0758. The van der Waals surface area contributed by atoms with Crippen molar-refractivity contribution in [2.45, 2.75) is 19.8 Å². The van der Waals surface area contributed by atoms with Gasteiger partial charge in [0.1, 0.15) is 5.75 Å². The highest BCUT2D eigenvalue weighted by molar-refractivity contribution is 5.89. The van der Waals surface area contributed by atoms with Crippen molar-refractivity contribution in [3.05, 3.63) is 23.8 Å².